The maximum absolute atomic E-state index is 4.63. The van der Waals surface area contributed by atoms with Gasteiger partial charge in [0.2, 0.25) is 4.96 Å². The number of imidazole rings is 1. The Morgan fingerprint density at radius 3 is 3.29 bits per heavy atom. The molecule has 3 nitrogen and oxygen atoms in total. The standard InChI is InChI=1S/C9H11N3S2/c1-2-8-11-12-7-5-13-4-3-6(7)10-9(12)14-8/h2-5H2,1H3. The fraction of sp³-hybridized carbons (Fsp3) is 0.556. The number of aryl methyl sites for hydroxylation is 2. The van der Waals surface area contributed by atoms with Crippen molar-refractivity contribution in [3.05, 3.63) is 16.4 Å². The minimum absolute atomic E-state index is 1.01. The van der Waals surface area contributed by atoms with Gasteiger partial charge in [-0.1, -0.05) is 18.3 Å². The summed E-state index contributed by atoms with van der Waals surface area (Å²) in [5.41, 5.74) is 2.59. The van der Waals surface area contributed by atoms with E-state index in [0.29, 0.717) is 0 Å². The Hall–Kier alpha value is -0.550. The highest BCUT2D eigenvalue weighted by atomic mass is 32.2. The van der Waals surface area contributed by atoms with Crippen molar-refractivity contribution in [2.75, 3.05) is 5.75 Å². The molecule has 74 valence electrons. The van der Waals surface area contributed by atoms with Gasteiger partial charge in [-0.05, 0) is 12.2 Å². The first-order valence-electron chi connectivity index (χ1n) is 4.82. The monoisotopic (exact) mass is 225 g/mol. The number of nitrogens with zero attached hydrogens (tertiary/aromatic N) is 3. The maximum atomic E-state index is 4.63. The van der Waals surface area contributed by atoms with Crippen molar-refractivity contribution in [3.63, 3.8) is 0 Å². The van der Waals surface area contributed by atoms with Crippen LogP contribution in [-0.4, -0.2) is 20.4 Å². The van der Waals surface area contributed by atoms with Crippen molar-refractivity contribution in [1.29, 1.82) is 0 Å². The highest BCUT2D eigenvalue weighted by Gasteiger charge is 2.18. The molecule has 0 bridgehead atoms. The predicted octanol–water partition coefficient (Wildman–Crippen LogP) is 2.14. The van der Waals surface area contributed by atoms with Crippen LogP contribution in [0.1, 0.15) is 23.3 Å². The summed E-state index contributed by atoms with van der Waals surface area (Å²) in [4.78, 5) is 5.71. The van der Waals surface area contributed by atoms with Gasteiger partial charge in [0.1, 0.15) is 5.01 Å². The van der Waals surface area contributed by atoms with Crippen LogP contribution in [0.2, 0.25) is 0 Å². The zero-order valence-corrected chi connectivity index (χ0v) is 9.62. The van der Waals surface area contributed by atoms with E-state index in [1.165, 1.54) is 22.1 Å². The molecule has 1 aliphatic heterocycles. The first kappa shape index (κ1) is 8.73. The maximum Gasteiger partial charge on any atom is 0.212 e. The second kappa shape index (κ2) is 3.24. The van der Waals surface area contributed by atoms with Crippen molar-refractivity contribution >= 4 is 28.1 Å². The molecule has 0 radical (unpaired) electrons. The first-order valence-corrected chi connectivity index (χ1v) is 6.79. The number of fused-ring (bicyclic) bond motifs is 3. The molecular formula is C9H11N3S2. The van der Waals surface area contributed by atoms with Crippen molar-refractivity contribution in [2.45, 2.75) is 25.5 Å². The summed E-state index contributed by atoms with van der Waals surface area (Å²) in [5, 5.41) is 5.75. The van der Waals surface area contributed by atoms with Crippen LogP contribution in [0.15, 0.2) is 0 Å². The molecule has 0 spiro atoms. The van der Waals surface area contributed by atoms with Crippen LogP contribution >= 0.6 is 23.1 Å². The van der Waals surface area contributed by atoms with Crippen molar-refractivity contribution < 1.29 is 0 Å². The van der Waals surface area contributed by atoms with E-state index in [-0.39, 0.29) is 0 Å². The van der Waals surface area contributed by atoms with Crippen molar-refractivity contribution in [1.82, 2.24) is 14.6 Å². The lowest BCUT2D eigenvalue weighted by Gasteiger charge is -2.08. The molecule has 0 amide bonds. The molecule has 0 saturated heterocycles. The Balaban J connectivity index is 2.21. The van der Waals surface area contributed by atoms with Gasteiger partial charge in [-0.15, -0.1) is 0 Å². The number of rotatable bonds is 1. The van der Waals surface area contributed by atoms with Gasteiger partial charge in [0.25, 0.3) is 0 Å². The van der Waals surface area contributed by atoms with Crippen LogP contribution in [0.3, 0.4) is 0 Å². The van der Waals surface area contributed by atoms with E-state index >= 15 is 0 Å². The summed E-state index contributed by atoms with van der Waals surface area (Å²) in [7, 11) is 0. The molecule has 0 unspecified atom stereocenters. The lowest BCUT2D eigenvalue weighted by atomic mass is 10.3. The van der Waals surface area contributed by atoms with Crippen LogP contribution < -0.4 is 0 Å². The third-order valence-electron chi connectivity index (χ3n) is 2.45. The van der Waals surface area contributed by atoms with E-state index in [1.54, 1.807) is 11.3 Å². The SMILES string of the molecule is CCc1nn2c3c(nc2s1)CCSC3. The van der Waals surface area contributed by atoms with Gasteiger partial charge in [-0.25, -0.2) is 9.50 Å². The molecule has 14 heavy (non-hydrogen) atoms. The van der Waals surface area contributed by atoms with Crippen LogP contribution in [0.4, 0.5) is 0 Å². The molecule has 0 aliphatic carbocycles. The van der Waals surface area contributed by atoms with Gasteiger partial charge >= 0.3 is 0 Å². The molecule has 3 rings (SSSR count). The largest absolute Gasteiger partial charge is 0.222 e. The Bertz CT molecular complexity index is 472. The van der Waals surface area contributed by atoms with Crippen LogP contribution in [0.25, 0.3) is 4.96 Å². The van der Waals surface area contributed by atoms with Gasteiger partial charge in [-0.2, -0.15) is 16.9 Å². The summed E-state index contributed by atoms with van der Waals surface area (Å²) >= 11 is 3.70. The predicted molar refractivity (Wildman–Crippen MR) is 60.1 cm³/mol. The van der Waals surface area contributed by atoms with E-state index in [4.69, 9.17) is 0 Å². The smallest absolute Gasteiger partial charge is 0.212 e. The molecule has 0 saturated carbocycles. The third-order valence-corrected chi connectivity index (χ3v) is 4.47. The fourth-order valence-electron chi connectivity index (χ4n) is 1.70. The quantitative estimate of drug-likeness (QED) is 0.745. The van der Waals surface area contributed by atoms with Crippen molar-refractivity contribution in [2.24, 2.45) is 0 Å². The van der Waals surface area contributed by atoms with Crippen LogP contribution in [0, 0.1) is 0 Å². The number of hydrogen-bond donors (Lipinski definition) is 0. The molecule has 5 heteroatoms. The van der Waals surface area contributed by atoms with E-state index in [1.807, 2.05) is 16.3 Å². The van der Waals surface area contributed by atoms with E-state index < -0.39 is 0 Å². The van der Waals surface area contributed by atoms with Gasteiger partial charge in [0.05, 0.1) is 11.4 Å². The minimum Gasteiger partial charge on any atom is -0.222 e. The summed E-state index contributed by atoms with van der Waals surface area (Å²) in [6.45, 7) is 2.14. The number of aromatic nitrogens is 3. The molecule has 0 atom stereocenters. The second-order valence-electron chi connectivity index (χ2n) is 3.35. The Morgan fingerprint density at radius 2 is 2.43 bits per heavy atom. The Labute approximate surface area is 90.5 Å². The highest BCUT2D eigenvalue weighted by molar-refractivity contribution is 7.98. The molecule has 0 fully saturated rings. The molecule has 0 aromatic carbocycles. The second-order valence-corrected chi connectivity index (χ2v) is 5.50. The lowest BCUT2D eigenvalue weighted by Crippen LogP contribution is -2.04. The number of hydrogen-bond acceptors (Lipinski definition) is 4. The van der Waals surface area contributed by atoms with Crippen molar-refractivity contribution in [3.8, 4) is 0 Å². The molecule has 3 heterocycles. The average Bonchev–Trinajstić information content (AvgIpc) is 2.73. The van der Waals surface area contributed by atoms with E-state index in [0.717, 1.165) is 23.6 Å². The van der Waals surface area contributed by atoms with Gasteiger partial charge in [0.15, 0.2) is 0 Å². The van der Waals surface area contributed by atoms with Gasteiger partial charge in [0, 0.05) is 12.2 Å². The zero-order valence-electron chi connectivity index (χ0n) is 7.99. The van der Waals surface area contributed by atoms with E-state index in [9.17, 15) is 0 Å². The van der Waals surface area contributed by atoms with Gasteiger partial charge < -0.3 is 0 Å². The first-order chi connectivity index (χ1) is 6.88. The van der Waals surface area contributed by atoms with E-state index in [2.05, 4.69) is 17.0 Å². The Kier molecular flexibility index (Phi) is 2.02. The van der Waals surface area contributed by atoms with Crippen LogP contribution in [-0.2, 0) is 18.6 Å². The molecular weight excluding hydrogens is 214 g/mol. The molecule has 2 aromatic rings. The summed E-state index contributed by atoms with van der Waals surface area (Å²) < 4.78 is 2.05. The summed E-state index contributed by atoms with van der Waals surface area (Å²) in [5.74, 6) is 2.28. The lowest BCUT2D eigenvalue weighted by molar-refractivity contribution is 0.860. The average molecular weight is 225 g/mol. The van der Waals surface area contributed by atoms with Gasteiger partial charge in [-0.3, -0.25) is 0 Å². The molecule has 1 aliphatic rings. The molecule has 0 N–H and O–H groups in total. The topological polar surface area (TPSA) is 30.2 Å². The van der Waals surface area contributed by atoms with Crippen LogP contribution in [0.5, 0.6) is 0 Å². The third kappa shape index (κ3) is 1.19. The highest BCUT2D eigenvalue weighted by Crippen LogP contribution is 2.27. The Morgan fingerprint density at radius 1 is 1.50 bits per heavy atom. The molecule has 2 aromatic heterocycles. The number of thioether (sulfide) groups is 1. The minimum atomic E-state index is 1.01. The normalized spacial score (nSPS) is 16.1. The summed E-state index contributed by atoms with van der Waals surface area (Å²) in [6, 6.07) is 0. The zero-order chi connectivity index (χ0) is 9.54. The summed E-state index contributed by atoms with van der Waals surface area (Å²) in [6.07, 6.45) is 2.12. The fourth-order valence-corrected chi connectivity index (χ4v) is 3.53.